The molecule has 0 aliphatic heterocycles. The minimum Gasteiger partial charge on any atom is -0.356 e. The van der Waals surface area contributed by atoms with Crippen molar-refractivity contribution in [2.45, 2.75) is 25.2 Å². The highest BCUT2D eigenvalue weighted by Crippen LogP contribution is 2.08. The summed E-state index contributed by atoms with van der Waals surface area (Å²) in [4.78, 5) is 12.4. The number of carbonyl (C=O) groups excluding carboxylic acids is 1. The predicted molar refractivity (Wildman–Crippen MR) is 65.2 cm³/mol. The van der Waals surface area contributed by atoms with E-state index in [4.69, 9.17) is 0 Å². The van der Waals surface area contributed by atoms with E-state index in [1.165, 1.54) is 0 Å². The molecule has 2 nitrogen and oxygen atoms in total. The molecule has 0 spiro atoms. The Bertz CT molecular complexity index is 319. The predicted octanol–water partition coefficient (Wildman–Crippen LogP) is 2.29. The molecule has 1 aromatic rings. The van der Waals surface area contributed by atoms with E-state index in [1.807, 2.05) is 24.3 Å². The number of benzene rings is 1. The third-order valence-electron chi connectivity index (χ3n) is 2.01. The highest BCUT2D eigenvalue weighted by atomic mass is 32.1. The second-order valence-electron chi connectivity index (χ2n) is 4.04. The van der Waals surface area contributed by atoms with Crippen molar-refractivity contribution in [1.29, 1.82) is 0 Å². The van der Waals surface area contributed by atoms with Crippen LogP contribution in [0.1, 0.15) is 19.4 Å². The average Bonchev–Trinajstić information content (AvgIpc) is 2.19. The van der Waals surface area contributed by atoms with Crippen molar-refractivity contribution in [2.24, 2.45) is 5.92 Å². The van der Waals surface area contributed by atoms with Crippen LogP contribution in [0.4, 0.5) is 0 Å². The van der Waals surface area contributed by atoms with Crippen LogP contribution < -0.4 is 5.32 Å². The fraction of sp³-hybridized carbons (Fsp3) is 0.417. The van der Waals surface area contributed by atoms with Gasteiger partial charge in [0.2, 0.25) is 5.91 Å². The minimum absolute atomic E-state index is 0.0793. The number of carbonyl (C=O) groups is 1. The molecule has 0 unspecified atom stereocenters. The highest BCUT2D eigenvalue weighted by molar-refractivity contribution is 7.80. The van der Waals surface area contributed by atoms with E-state index in [1.54, 1.807) is 0 Å². The maximum Gasteiger partial charge on any atom is 0.224 e. The Hall–Kier alpha value is -0.960. The van der Waals surface area contributed by atoms with Gasteiger partial charge in [0, 0.05) is 11.4 Å². The summed E-state index contributed by atoms with van der Waals surface area (Å²) < 4.78 is 0. The Balaban J connectivity index is 2.41. The van der Waals surface area contributed by atoms with Gasteiger partial charge in [0.15, 0.2) is 0 Å². The van der Waals surface area contributed by atoms with E-state index in [-0.39, 0.29) is 5.91 Å². The fourth-order valence-corrected chi connectivity index (χ4v) is 1.33. The molecule has 0 fully saturated rings. The third kappa shape index (κ3) is 4.88. The molecule has 0 aliphatic rings. The summed E-state index contributed by atoms with van der Waals surface area (Å²) in [6.07, 6.45) is 0.445. The molecule has 0 saturated carbocycles. The smallest absolute Gasteiger partial charge is 0.224 e. The molecule has 0 heterocycles. The van der Waals surface area contributed by atoms with Crippen molar-refractivity contribution >= 4 is 18.5 Å². The minimum atomic E-state index is 0.0793. The number of rotatable bonds is 4. The van der Waals surface area contributed by atoms with Gasteiger partial charge in [-0.3, -0.25) is 4.79 Å². The van der Waals surface area contributed by atoms with Gasteiger partial charge in [-0.15, -0.1) is 12.6 Å². The van der Waals surface area contributed by atoms with Crippen LogP contribution in [-0.2, 0) is 11.2 Å². The average molecular weight is 223 g/mol. The van der Waals surface area contributed by atoms with Crippen LogP contribution >= 0.6 is 12.6 Å². The first-order valence-corrected chi connectivity index (χ1v) is 5.57. The van der Waals surface area contributed by atoms with Crippen molar-refractivity contribution in [3.63, 3.8) is 0 Å². The number of thiol groups is 1. The normalized spacial score (nSPS) is 10.4. The Morgan fingerprint density at radius 2 is 1.93 bits per heavy atom. The van der Waals surface area contributed by atoms with Crippen LogP contribution in [0.5, 0.6) is 0 Å². The summed E-state index contributed by atoms with van der Waals surface area (Å²) in [6, 6.07) is 7.65. The zero-order valence-electron chi connectivity index (χ0n) is 9.16. The van der Waals surface area contributed by atoms with Gasteiger partial charge in [0.1, 0.15) is 0 Å². The summed E-state index contributed by atoms with van der Waals surface area (Å²) in [5.74, 6) is 0.574. The van der Waals surface area contributed by atoms with Gasteiger partial charge in [-0.25, -0.2) is 0 Å². The fourth-order valence-electron chi connectivity index (χ4n) is 1.18. The summed E-state index contributed by atoms with van der Waals surface area (Å²) >= 11 is 4.19. The van der Waals surface area contributed by atoms with Gasteiger partial charge in [-0.2, -0.15) is 0 Å². The van der Waals surface area contributed by atoms with Crippen molar-refractivity contribution in [3.05, 3.63) is 29.8 Å². The summed E-state index contributed by atoms with van der Waals surface area (Å²) in [5, 5.41) is 2.89. The lowest BCUT2D eigenvalue weighted by Gasteiger charge is -2.07. The molecule has 82 valence electrons. The second kappa shape index (κ2) is 5.81. The first-order valence-electron chi connectivity index (χ1n) is 5.12. The van der Waals surface area contributed by atoms with Crippen molar-refractivity contribution < 1.29 is 4.79 Å². The van der Waals surface area contributed by atoms with Crippen molar-refractivity contribution in [3.8, 4) is 0 Å². The molecule has 0 saturated heterocycles. The molecular formula is C12H17NOS. The van der Waals surface area contributed by atoms with E-state index in [2.05, 4.69) is 31.8 Å². The Morgan fingerprint density at radius 3 is 2.47 bits per heavy atom. The van der Waals surface area contributed by atoms with E-state index >= 15 is 0 Å². The van der Waals surface area contributed by atoms with E-state index in [0.29, 0.717) is 12.3 Å². The molecule has 3 heteroatoms. The molecule has 1 rings (SSSR count). The van der Waals surface area contributed by atoms with Crippen molar-refractivity contribution in [2.75, 3.05) is 6.54 Å². The first kappa shape index (κ1) is 12.1. The van der Waals surface area contributed by atoms with Gasteiger partial charge < -0.3 is 5.32 Å². The van der Waals surface area contributed by atoms with E-state index < -0.39 is 0 Å². The summed E-state index contributed by atoms with van der Waals surface area (Å²) in [6.45, 7) is 4.90. The zero-order chi connectivity index (χ0) is 11.3. The number of amides is 1. The van der Waals surface area contributed by atoms with Gasteiger partial charge >= 0.3 is 0 Å². The largest absolute Gasteiger partial charge is 0.356 e. The lowest BCUT2D eigenvalue weighted by molar-refractivity contribution is -0.120. The van der Waals surface area contributed by atoms with Crippen LogP contribution in [0, 0.1) is 5.92 Å². The standard InChI is InChI=1S/C12H17NOS/c1-9(2)8-13-12(14)7-10-3-5-11(15)6-4-10/h3-6,9,15H,7-8H2,1-2H3,(H,13,14). The summed E-state index contributed by atoms with van der Waals surface area (Å²) in [7, 11) is 0. The van der Waals surface area contributed by atoms with Gasteiger partial charge in [0.05, 0.1) is 6.42 Å². The summed E-state index contributed by atoms with van der Waals surface area (Å²) in [5.41, 5.74) is 1.02. The Labute approximate surface area is 96.5 Å². The van der Waals surface area contributed by atoms with Gasteiger partial charge in [-0.05, 0) is 23.6 Å². The zero-order valence-corrected chi connectivity index (χ0v) is 10.1. The van der Waals surface area contributed by atoms with Crippen LogP contribution in [-0.4, -0.2) is 12.5 Å². The highest BCUT2D eigenvalue weighted by Gasteiger charge is 2.03. The van der Waals surface area contributed by atoms with Crippen LogP contribution in [0.2, 0.25) is 0 Å². The molecule has 0 aromatic heterocycles. The van der Waals surface area contributed by atoms with Gasteiger partial charge in [0.25, 0.3) is 0 Å². The van der Waals surface area contributed by atoms with Crippen molar-refractivity contribution in [1.82, 2.24) is 5.32 Å². The molecule has 0 bridgehead atoms. The number of nitrogens with one attached hydrogen (secondary N) is 1. The number of hydrogen-bond acceptors (Lipinski definition) is 2. The molecular weight excluding hydrogens is 206 g/mol. The Kier molecular flexibility index (Phi) is 4.69. The van der Waals surface area contributed by atoms with E-state index in [0.717, 1.165) is 17.0 Å². The maximum absolute atomic E-state index is 11.5. The van der Waals surface area contributed by atoms with Gasteiger partial charge in [-0.1, -0.05) is 26.0 Å². The van der Waals surface area contributed by atoms with Crippen LogP contribution in [0.3, 0.4) is 0 Å². The second-order valence-corrected chi connectivity index (χ2v) is 4.56. The van der Waals surface area contributed by atoms with Crippen LogP contribution in [0.15, 0.2) is 29.2 Å². The SMILES string of the molecule is CC(C)CNC(=O)Cc1ccc(S)cc1. The topological polar surface area (TPSA) is 29.1 Å². The maximum atomic E-state index is 11.5. The molecule has 0 radical (unpaired) electrons. The molecule has 1 N–H and O–H groups in total. The first-order chi connectivity index (χ1) is 7.08. The molecule has 0 aliphatic carbocycles. The number of hydrogen-bond donors (Lipinski definition) is 2. The molecule has 0 atom stereocenters. The Morgan fingerprint density at radius 1 is 1.33 bits per heavy atom. The molecule has 1 aromatic carbocycles. The molecule has 15 heavy (non-hydrogen) atoms. The lowest BCUT2D eigenvalue weighted by Crippen LogP contribution is -2.28. The van der Waals surface area contributed by atoms with E-state index in [9.17, 15) is 4.79 Å². The molecule has 1 amide bonds. The monoisotopic (exact) mass is 223 g/mol. The van der Waals surface area contributed by atoms with Crippen LogP contribution in [0.25, 0.3) is 0 Å². The lowest BCUT2D eigenvalue weighted by atomic mass is 10.1. The third-order valence-corrected chi connectivity index (χ3v) is 2.31. The quantitative estimate of drug-likeness (QED) is 0.753.